The third-order valence-corrected chi connectivity index (χ3v) is 3.97. The Balaban J connectivity index is 2.35. The second-order valence-corrected chi connectivity index (χ2v) is 5.79. The summed E-state index contributed by atoms with van der Waals surface area (Å²) in [6, 6.07) is 4.00. The van der Waals surface area contributed by atoms with Gasteiger partial charge in [0.05, 0.1) is 28.1 Å². The van der Waals surface area contributed by atoms with E-state index in [4.69, 9.17) is 5.73 Å². The molecule has 1 aromatic carbocycles. The van der Waals surface area contributed by atoms with Gasteiger partial charge in [-0.15, -0.1) is 11.3 Å². The summed E-state index contributed by atoms with van der Waals surface area (Å²) >= 11 is 1.57. The Hall–Kier alpha value is -1.82. The zero-order valence-corrected chi connectivity index (χ0v) is 12.9. The van der Waals surface area contributed by atoms with Gasteiger partial charge in [-0.05, 0) is 18.6 Å². The summed E-state index contributed by atoms with van der Waals surface area (Å²) in [5, 5.41) is 0. The molecule has 2 aromatic rings. The number of benzene rings is 1. The Morgan fingerprint density at radius 1 is 1.40 bits per heavy atom. The summed E-state index contributed by atoms with van der Waals surface area (Å²) in [4.78, 5) is 19.9. The van der Waals surface area contributed by atoms with Gasteiger partial charge in [0.15, 0.2) is 0 Å². The highest BCUT2D eigenvalue weighted by Crippen LogP contribution is 2.32. The molecule has 2 rings (SSSR count). The van der Waals surface area contributed by atoms with Crippen molar-refractivity contribution in [3.63, 3.8) is 0 Å². The summed E-state index contributed by atoms with van der Waals surface area (Å²) in [7, 11) is 3.53. The molecule has 0 spiro atoms. The van der Waals surface area contributed by atoms with Crippen LogP contribution in [0.4, 0.5) is 11.4 Å². The summed E-state index contributed by atoms with van der Waals surface area (Å²) in [5.74, 6) is 0.0659. The Kier molecular flexibility index (Phi) is 4.44. The monoisotopic (exact) mass is 292 g/mol. The number of nitrogen functional groups attached to an aromatic ring is 1. The molecule has 0 aliphatic carbocycles. The van der Waals surface area contributed by atoms with Crippen LogP contribution in [0.3, 0.4) is 0 Å². The summed E-state index contributed by atoms with van der Waals surface area (Å²) < 4.78 is 1.07. The van der Waals surface area contributed by atoms with Gasteiger partial charge in [0.25, 0.3) is 0 Å². The number of thiazole rings is 1. The quantitative estimate of drug-likeness (QED) is 0.858. The third-order valence-electron chi connectivity index (χ3n) is 3.18. The number of nitrogens with two attached hydrogens (primary N) is 1. The van der Waals surface area contributed by atoms with Gasteiger partial charge in [-0.25, -0.2) is 4.98 Å². The van der Waals surface area contributed by atoms with Crippen molar-refractivity contribution in [3.8, 4) is 0 Å². The van der Waals surface area contributed by atoms with Crippen molar-refractivity contribution in [2.75, 3.05) is 37.8 Å². The lowest BCUT2D eigenvalue weighted by Crippen LogP contribution is -2.37. The molecule has 0 aliphatic heterocycles. The largest absolute Gasteiger partial charge is 0.395 e. The lowest BCUT2D eigenvalue weighted by Gasteiger charge is -2.26. The number of likely N-dealkylation sites (N-methyl/N-ethyl adjacent to an activating group) is 1. The number of rotatable bonds is 5. The standard InChI is InChI=1S/C14H20N4OS/c1-4-7-18(8-12(19)17(2)3)10-5-6-11-14(13(10)15)16-9-20-11/h5-6,9H,4,7-8,15H2,1-3H3. The van der Waals surface area contributed by atoms with Crippen molar-refractivity contribution in [2.45, 2.75) is 13.3 Å². The fraction of sp³-hybridized carbons (Fsp3) is 0.429. The van der Waals surface area contributed by atoms with Crippen molar-refractivity contribution >= 4 is 38.8 Å². The number of carbonyl (C=O) groups excluding carboxylic acids is 1. The first-order valence-corrected chi connectivity index (χ1v) is 7.49. The van der Waals surface area contributed by atoms with Crippen LogP contribution in [0.2, 0.25) is 0 Å². The van der Waals surface area contributed by atoms with Crippen LogP contribution in [0.5, 0.6) is 0 Å². The lowest BCUT2D eigenvalue weighted by atomic mass is 10.2. The van der Waals surface area contributed by atoms with Crippen LogP contribution in [0.25, 0.3) is 10.2 Å². The first-order chi connectivity index (χ1) is 9.54. The molecular formula is C14H20N4OS. The fourth-order valence-electron chi connectivity index (χ4n) is 2.08. The van der Waals surface area contributed by atoms with Crippen LogP contribution in [-0.4, -0.2) is 43.0 Å². The number of hydrogen-bond acceptors (Lipinski definition) is 5. The number of aromatic nitrogens is 1. The molecule has 2 N–H and O–H groups in total. The van der Waals surface area contributed by atoms with Crippen molar-refractivity contribution in [1.82, 2.24) is 9.88 Å². The molecule has 0 unspecified atom stereocenters. The molecule has 0 fully saturated rings. The Bertz CT molecular complexity index is 608. The molecule has 0 aliphatic rings. The highest BCUT2D eigenvalue weighted by molar-refractivity contribution is 7.16. The van der Waals surface area contributed by atoms with Gasteiger partial charge in [0.2, 0.25) is 5.91 Å². The van der Waals surface area contributed by atoms with Crippen LogP contribution in [0.1, 0.15) is 13.3 Å². The predicted molar refractivity (Wildman–Crippen MR) is 85.2 cm³/mol. The fourth-order valence-corrected chi connectivity index (χ4v) is 2.77. The topological polar surface area (TPSA) is 62.5 Å². The van der Waals surface area contributed by atoms with Gasteiger partial charge in [-0.3, -0.25) is 4.79 Å². The molecular weight excluding hydrogens is 272 g/mol. The predicted octanol–water partition coefficient (Wildman–Crippen LogP) is 2.18. The maximum absolute atomic E-state index is 12.0. The molecule has 0 bridgehead atoms. The first kappa shape index (κ1) is 14.6. The minimum absolute atomic E-state index is 0.0659. The number of amides is 1. The maximum Gasteiger partial charge on any atom is 0.241 e. The molecule has 0 radical (unpaired) electrons. The van der Waals surface area contributed by atoms with E-state index in [1.54, 1.807) is 35.8 Å². The highest BCUT2D eigenvalue weighted by Gasteiger charge is 2.16. The Labute approximate surface area is 123 Å². The van der Waals surface area contributed by atoms with Crippen LogP contribution >= 0.6 is 11.3 Å². The number of anilines is 2. The van der Waals surface area contributed by atoms with E-state index in [2.05, 4.69) is 11.9 Å². The minimum Gasteiger partial charge on any atom is -0.395 e. The van der Waals surface area contributed by atoms with E-state index in [1.165, 1.54) is 0 Å². The van der Waals surface area contributed by atoms with Crippen LogP contribution in [-0.2, 0) is 4.79 Å². The average Bonchev–Trinajstić information content (AvgIpc) is 2.88. The zero-order valence-electron chi connectivity index (χ0n) is 12.1. The van der Waals surface area contributed by atoms with Crippen LogP contribution in [0.15, 0.2) is 17.6 Å². The lowest BCUT2D eigenvalue weighted by molar-refractivity contribution is -0.127. The van der Waals surface area contributed by atoms with E-state index in [1.807, 2.05) is 17.0 Å². The normalized spacial score (nSPS) is 10.8. The molecule has 20 heavy (non-hydrogen) atoms. The molecule has 0 atom stereocenters. The molecule has 1 heterocycles. The number of fused-ring (bicyclic) bond motifs is 1. The summed E-state index contributed by atoms with van der Waals surface area (Å²) in [6.45, 7) is 3.21. The molecule has 1 amide bonds. The third kappa shape index (κ3) is 2.85. The molecule has 5 nitrogen and oxygen atoms in total. The van der Waals surface area contributed by atoms with Crippen molar-refractivity contribution in [1.29, 1.82) is 0 Å². The molecule has 0 saturated carbocycles. The summed E-state index contributed by atoms with van der Waals surface area (Å²) in [6.07, 6.45) is 0.954. The van der Waals surface area contributed by atoms with Gasteiger partial charge in [-0.2, -0.15) is 0 Å². The Morgan fingerprint density at radius 2 is 2.15 bits per heavy atom. The van der Waals surface area contributed by atoms with E-state index in [9.17, 15) is 4.79 Å². The van der Waals surface area contributed by atoms with E-state index in [0.29, 0.717) is 12.2 Å². The van der Waals surface area contributed by atoms with E-state index in [-0.39, 0.29) is 5.91 Å². The van der Waals surface area contributed by atoms with E-state index >= 15 is 0 Å². The van der Waals surface area contributed by atoms with Crippen molar-refractivity contribution < 1.29 is 4.79 Å². The maximum atomic E-state index is 12.0. The van der Waals surface area contributed by atoms with Crippen LogP contribution < -0.4 is 10.6 Å². The van der Waals surface area contributed by atoms with E-state index in [0.717, 1.165) is 28.9 Å². The number of nitrogens with zero attached hydrogens (tertiary/aromatic N) is 3. The minimum atomic E-state index is 0.0659. The first-order valence-electron chi connectivity index (χ1n) is 6.61. The van der Waals surface area contributed by atoms with Gasteiger partial charge in [-0.1, -0.05) is 6.92 Å². The zero-order chi connectivity index (χ0) is 14.7. The average molecular weight is 292 g/mol. The van der Waals surface area contributed by atoms with Gasteiger partial charge in [0, 0.05) is 20.6 Å². The second-order valence-electron chi connectivity index (χ2n) is 4.91. The summed E-state index contributed by atoms with van der Waals surface area (Å²) in [5.41, 5.74) is 10.4. The van der Waals surface area contributed by atoms with Crippen LogP contribution in [0, 0.1) is 0 Å². The smallest absolute Gasteiger partial charge is 0.241 e. The molecule has 108 valence electrons. The SMILES string of the molecule is CCCN(CC(=O)N(C)C)c1ccc2scnc2c1N. The number of carbonyl (C=O) groups is 1. The van der Waals surface area contributed by atoms with Gasteiger partial charge < -0.3 is 15.5 Å². The Morgan fingerprint density at radius 3 is 2.80 bits per heavy atom. The van der Waals surface area contributed by atoms with E-state index < -0.39 is 0 Å². The van der Waals surface area contributed by atoms with Gasteiger partial charge >= 0.3 is 0 Å². The molecule has 0 saturated heterocycles. The molecule has 6 heteroatoms. The number of hydrogen-bond donors (Lipinski definition) is 1. The van der Waals surface area contributed by atoms with Gasteiger partial charge in [0.1, 0.15) is 5.52 Å². The molecule has 1 aromatic heterocycles. The highest BCUT2D eigenvalue weighted by atomic mass is 32.1. The van der Waals surface area contributed by atoms with Crippen molar-refractivity contribution in [2.24, 2.45) is 0 Å². The second kappa shape index (κ2) is 6.09. The van der Waals surface area contributed by atoms with Crippen molar-refractivity contribution in [3.05, 3.63) is 17.6 Å².